The van der Waals surface area contributed by atoms with Gasteiger partial charge in [0, 0.05) is 18.5 Å². The van der Waals surface area contributed by atoms with Crippen LogP contribution in [-0.4, -0.2) is 36.8 Å². The van der Waals surface area contributed by atoms with Crippen molar-refractivity contribution in [3.63, 3.8) is 0 Å². The number of hydrogen-bond acceptors (Lipinski definition) is 4. The van der Waals surface area contributed by atoms with E-state index in [1.165, 1.54) is 18.2 Å². The molecular weight excluding hydrogens is 299 g/mol. The Labute approximate surface area is 122 Å². The molecule has 114 valence electrons. The zero-order valence-corrected chi connectivity index (χ0v) is 12.2. The third-order valence-electron chi connectivity index (χ3n) is 3.23. The maximum atomic E-state index is 13.4. The zero-order valence-electron chi connectivity index (χ0n) is 11.4. The van der Waals surface area contributed by atoms with Crippen molar-refractivity contribution in [2.75, 3.05) is 6.26 Å². The van der Waals surface area contributed by atoms with Crippen LogP contribution in [0.25, 0.3) is 0 Å². The van der Waals surface area contributed by atoms with Gasteiger partial charge in [0.25, 0.3) is 0 Å². The molecule has 1 unspecified atom stereocenters. The number of hydrogen-bond donors (Lipinski definition) is 1. The number of rotatable bonds is 4. The number of carbonyl (C=O) groups is 2. The van der Waals surface area contributed by atoms with Crippen LogP contribution in [0.4, 0.5) is 4.39 Å². The van der Waals surface area contributed by atoms with Crippen molar-refractivity contribution in [2.45, 2.75) is 25.4 Å². The second-order valence-corrected chi connectivity index (χ2v) is 6.68. The van der Waals surface area contributed by atoms with E-state index in [1.807, 2.05) is 0 Å². The van der Waals surface area contributed by atoms with Crippen LogP contribution in [0.2, 0.25) is 0 Å². The molecule has 1 aromatic rings. The molecule has 1 aliphatic rings. The quantitative estimate of drug-likeness (QED) is 0.871. The Bertz CT molecular complexity index is 675. The summed E-state index contributed by atoms with van der Waals surface area (Å²) in [5.74, 6) is -1.65. The van der Waals surface area contributed by atoms with E-state index in [9.17, 15) is 22.4 Å². The van der Waals surface area contributed by atoms with Gasteiger partial charge in [0.05, 0.1) is 6.26 Å². The van der Waals surface area contributed by atoms with Crippen molar-refractivity contribution in [3.8, 4) is 0 Å². The largest absolute Gasteiger partial charge is 0.350 e. The van der Waals surface area contributed by atoms with Crippen LogP contribution in [0.5, 0.6) is 0 Å². The van der Waals surface area contributed by atoms with E-state index >= 15 is 0 Å². The maximum absolute atomic E-state index is 13.4. The number of nitrogens with one attached hydrogen (secondary N) is 1. The van der Waals surface area contributed by atoms with Gasteiger partial charge in [-0.25, -0.2) is 17.1 Å². The molecule has 1 fully saturated rings. The number of halogens is 1. The zero-order chi connectivity index (χ0) is 15.6. The highest BCUT2D eigenvalue weighted by Crippen LogP contribution is 2.22. The molecule has 21 heavy (non-hydrogen) atoms. The van der Waals surface area contributed by atoms with Crippen molar-refractivity contribution in [1.29, 1.82) is 0 Å². The van der Waals surface area contributed by atoms with E-state index < -0.39 is 33.7 Å². The van der Waals surface area contributed by atoms with Gasteiger partial charge in [-0.05, 0) is 12.5 Å². The third-order valence-corrected chi connectivity index (χ3v) is 4.40. The first-order valence-corrected chi connectivity index (χ1v) is 8.19. The topological polar surface area (TPSA) is 83.6 Å². The lowest BCUT2D eigenvalue weighted by Gasteiger charge is -2.21. The Morgan fingerprint density at radius 2 is 2.10 bits per heavy atom. The van der Waals surface area contributed by atoms with Crippen molar-refractivity contribution < 1.29 is 22.4 Å². The molecule has 1 N–H and O–H groups in total. The summed E-state index contributed by atoms with van der Waals surface area (Å²) in [6.45, 7) is -0.0617. The SMILES string of the molecule is CS(=O)(=O)N1C(=O)CCC1C(=O)NCc1ccccc1F. The summed E-state index contributed by atoms with van der Waals surface area (Å²) < 4.78 is 37.1. The summed E-state index contributed by atoms with van der Waals surface area (Å²) in [5, 5.41) is 2.47. The number of nitrogens with zero attached hydrogens (tertiary/aromatic N) is 1. The molecule has 1 aliphatic heterocycles. The fraction of sp³-hybridized carbons (Fsp3) is 0.385. The monoisotopic (exact) mass is 314 g/mol. The molecular formula is C13H15FN2O4S. The van der Waals surface area contributed by atoms with Crippen LogP contribution >= 0.6 is 0 Å². The van der Waals surface area contributed by atoms with E-state index in [0.717, 1.165) is 6.26 Å². The van der Waals surface area contributed by atoms with Crippen LogP contribution in [0.1, 0.15) is 18.4 Å². The predicted octanol–water partition coefficient (Wildman–Crippen LogP) is 0.393. The Kier molecular flexibility index (Phi) is 4.26. The lowest BCUT2D eigenvalue weighted by atomic mass is 10.2. The highest BCUT2D eigenvalue weighted by atomic mass is 32.2. The van der Waals surface area contributed by atoms with E-state index in [2.05, 4.69) is 5.32 Å². The fourth-order valence-electron chi connectivity index (χ4n) is 2.26. The van der Waals surface area contributed by atoms with E-state index in [4.69, 9.17) is 0 Å². The number of sulfonamides is 1. The minimum Gasteiger partial charge on any atom is -0.350 e. The van der Waals surface area contributed by atoms with Crippen LogP contribution in [0, 0.1) is 5.82 Å². The second-order valence-electron chi connectivity index (χ2n) is 4.82. The summed E-state index contributed by atoms with van der Waals surface area (Å²) in [5.41, 5.74) is 0.293. The van der Waals surface area contributed by atoms with Crippen LogP contribution in [-0.2, 0) is 26.2 Å². The number of carbonyl (C=O) groups excluding carboxylic acids is 2. The lowest BCUT2D eigenvalue weighted by molar-refractivity contribution is -0.130. The third kappa shape index (κ3) is 3.38. The number of benzene rings is 1. The van der Waals surface area contributed by atoms with Gasteiger partial charge in [-0.1, -0.05) is 18.2 Å². The van der Waals surface area contributed by atoms with Gasteiger partial charge in [0.2, 0.25) is 21.8 Å². The van der Waals surface area contributed by atoms with Crippen LogP contribution in [0.15, 0.2) is 24.3 Å². The molecule has 0 radical (unpaired) electrons. The molecule has 8 heteroatoms. The summed E-state index contributed by atoms with van der Waals surface area (Å²) in [7, 11) is -3.79. The Hall–Kier alpha value is -1.96. The summed E-state index contributed by atoms with van der Waals surface area (Å²) >= 11 is 0. The van der Waals surface area contributed by atoms with E-state index in [-0.39, 0.29) is 19.4 Å². The molecule has 2 amide bonds. The van der Waals surface area contributed by atoms with Gasteiger partial charge in [0.15, 0.2) is 0 Å². The Morgan fingerprint density at radius 3 is 2.71 bits per heavy atom. The molecule has 0 aromatic heterocycles. The van der Waals surface area contributed by atoms with E-state index in [0.29, 0.717) is 9.87 Å². The minimum absolute atomic E-state index is 0.00482. The summed E-state index contributed by atoms with van der Waals surface area (Å²) in [4.78, 5) is 23.6. The van der Waals surface area contributed by atoms with Crippen LogP contribution in [0.3, 0.4) is 0 Å². The highest BCUT2D eigenvalue weighted by Gasteiger charge is 2.41. The van der Waals surface area contributed by atoms with Crippen molar-refractivity contribution >= 4 is 21.8 Å². The summed E-state index contributed by atoms with van der Waals surface area (Å²) in [6, 6.07) is 4.89. The average Bonchev–Trinajstić information content (AvgIpc) is 2.79. The van der Waals surface area contributed by atoms with Crippen LogP contribution < -0.4 is 5.32 Å². The molecule has 1 aromatic carbocycles. The highest BCUT2D eigenvalue weighted by molar-refractivity contribution is 7.89. The van der Waals surface area contributed by atoms with Gasteiger partial charge in [-0.2, -0.15) is 0 Å². The van der Waals surface area contributed by atoms with Crippen molar-refractivity contribution in [1.82, 2.24) is 9.62 Å². The van der Waals surface area contributed by atoms with E-state index in [1.54, 1.807) is 6.07 Å². The lowest BCUT2D eigenvalue weighted by Crippen LogP contribution is -2.46. The molecule has 1 atom stereocenters. The molecule has 0 spiro atoms. The molecule has 2 rings (SSSR count). The fourth-order valence-corrected chi connectivity index (χ4v) is 3.38. The molecule has 0 bridgehead atoms. The standard InChI is InChI=1S/C13H15FN2O4S/c1-21(19,20)16-11(6-7-12(16)17)13(18)15-8-9-4-2-3-5-10(9)14/h2-5,11H,6-8H2,1H3,(H,15,18). The normalized spacial score (nSPS) is 18.9. The first kappa shape index (κ1) is 15.4. The second kappa shape index (κ2) is 5.80. The first-order chi connectivity index (χ1) is 9.80. The van der Waals surface area contributed by atoms with Crippen molar-refractivity contribution in [3.05, 3.63) is 35.6 Å². The Morgan fingerprint density at radius 1 is 1.43 bits per heavy atom. The first-order valence-electron chi connectivity index (χ1n) is 6.34. The van der Waals surface area contributed by atoms with Gasteiger partial charge in [-0.15, -0.1) is 0 Å². The molecule has 1 saturated heterocycles. The van der Waals surface area contributed by atoms with Crippen molar-refractivity contribution in [2.24, 2.45) is 0 Å². The van der Waals surface area contributed by atoms with Gasteiger partial charge in [-0.3, -0.25) is 9.59 Å². The molecule has 0 saturated carbocycles. The predicted molar refractivity (Wildman–Crippen MR) is 73.0 cm³/mol. The van der Waals surface area contributed by atoms with Gasteiger partial charge >= 0.3 is 0 Å². The molecule has 0 aliphatic carbocycles. The minimum atomic E-state index is -3.79. The van der Waals surface area contributed by atoms with Gasteiger partial charge < -0.3 is 5.32 Å². The molecule has 6 nitrogen and oxygen atoms in total. The maximum Gasteiger partial charge on any atom is 0.244 e. The summed E-state index contributed by atoms with van der Waals surface area (Å²) in [6.07, 6.45) is 1.02. The number of amides is 2. The smallest absolute Gasteiger partial charge is 0.244 e. The average molecular weight is 314 g/mol. The van der Waals surface area contributed by atoms with Gasteiger partial charge in [0.1, 0.15) is 11.9 Å². The Balaban J connectivity index is 2.07. The molecule has 1 heterocycles.